The van der Waals surface area contributed by atoms with E-state index < -0.39 is 0 Å². The number of hydrogen-bond donors (Lipinski definition) is 0. The van der Waals surface area contributed by atoms with Crippen LogP contribution in [0.1, 0.15) is 28.0 Å². The smallest absolute Gasteiger partial charge is 0.339 e. The predicted molar refractivity (Wildman–Crippen MR) is 82.1 cm³/mol. The molecule has 0 N–H and O–H groups in total. The van der Waals surface area contributed by atoms with Gasteiger partial charge in [-0.05, 0) is 43.5 Å². The van der Waals surface area contributed by atoms with Crippen molar-refractivity contribution in [3.63, 3.8) is 0 Å². The van der Waals surface area contributed by atoms with Crippen LogP contribution in [0.4, 0.5) is 11.5 Å². The SMILES string of the molecule is COC(=O)c1ccc(N2CCCc3ccccc32)nc1C. The second kappa shape index (κ2) is 5.56. The molecule has 0 aliphatic carbocycles. The van der Waals surface area contributed by atoms with Crippen LogP contribution < -0.4 is 4.90 Å². The molecule has 0 saturated carbocycles. The maximum absolute atomic E-state index is 11.6. The average Bonchev–Trinajstić information content (AvgIpc) is 2.53. The van der Waals surface area contributed by atoms with Gasteiger partial charge in [0.05, 0.1) is 18.4 Å². The molecule has 1 aliphatic heterocycles. The van der Waals surface area contributed by atoms with Crippen molar-refractivity contribution in [2.45, 2.75) is 19.8 Å². The number of pyridine rings is 1. The lowest BCUT2D eigenvalue weighted by Crippen LogP contribution is -2.25. The maximum Gasteiger partial charge on any atom is 0.339 e. The fraction of sp³-hybridized carbons (Fsp3) is 0.294. The third-order valence-corrected chi connectivity index (χ3v) is 3.86. The highest BCUT2D eigenvalue weighted by Gasteiger charge is 2.20. The van der Waals surface area contributed by atoms with Gasteiger partial charge in [-0.15, -0.1) is 0 Å². The first-order valence-electron chi connectivity index (χ1n) is 7.12. The Kier molecular flexibility index (Phi) is 3.60. The van der Waals surface area contributed by atoms with Gasteiger partial charge in [-0.25, -0.2) is 9.78 Å². The number of carbonyl (C=O) groups excluding carboxylic acids is 1. The van der Waals surface area contributed by atoms with Crippen LogP contribution in [0, 0.1) is 6.92 Å². The molecule has 1 aromatic carbocycles. The van der Waals surface area contributed by atoms with E-state index >= 15 is 0 Å². The lowest BCUT2D eigenvalue weighted by atomic mass is 10.0. The summed E-state index contributed by atoms with van der Waals surface area (Å²) in [6, 6.07) is 12.1. The van der Waals surface area contributed by atoms with Crippen LogP contribution in [0.15, 0.2) is 36.4 Å². The van der Waals surface area contributed by atoms with Crippen molar-refractivity contribution >= 4 is 17.5 Å². The summed E-state index contributed by atoms with van der Waals surface area (Å²) in [4.78, 5) is 18.4. The van der Waals surface area contributed by atoms with Gasteiger partial charge in [0.2, 0.25) is 0 Å². The highest BCUT2D eigenvalue weighted by molar-refractivity contribution is 5.90. The summed E-state index contributed by atoms with van der Waals surface area (Å²) in [6.45, 7) is 2.78. The number of anilines is 2. The minimum Gasteiger partial charge on any atom is -0.465 e. The van der Waals surface area contributed by atoms with E-state index in [1.165, 1.54) is 18.4 Å². The molecule has 3 rings (SSSR count). The maximum atomic E-state index is 11.6. The predicted octanol–water partition coefficient (Wildman–Crippen LogP) is 3.26. The number of benzene rings is 1. The van der Waals surface area contributed by atoms with Crippen molar-refractivity contribution in [1.29, 1.82) is 0 Å². The van der Waals surface area contributed by atoms with Gasteiger partial charge < -0.3 is 9.64 Å². The van der Waals surface area contributed by atoms with E-state index in [2.05, 4.69) is 28.1 Å². The molecule has 21 heavy (non-hydrogen) atoms. The zero-order valence-corrected chi connectivity index (χ0v) is 12.3. The van der Waals surface area contributed by atoms with E-state index in [0.29, 0.717) is 11.3 Å². The van der Waals surface area contributed by atoms with Gasteiger partial charge in [-0.3, -0.25) is 0 Å². The average molecular weight is 282 g/mol. The Morgan fingerprint density at radius 1 is 1.24 bits per heavy atom. The Bertz CT molecular complexity index is 682. The highest BCUT2D eigenvalue weighted by atomic mass is 16.5. The number of hydrogen-bond acceptors (Lipinski definition) is 4. The van der Waals surface area contributed by atoms with Crippen LogP contribution in [0.2, 0.25) is 0 Å². The summed E-state index contributed by atoms with van der Waals surface area (Å²) in [7, 11) is 1.39. The van der Waals surface area contributed by atoms with E-state index in [1.54, 1.807) is 6.07 Å². The Morgan fingerprint density at radius 2 is 2.05 bits per heavy atom. The van der Waals surface area contributed by atoms with Gasteiger partial charge in [0, 0.05) is 12.2 Å². The fourth-order valence-corrected chi connectivity index (χ4v) is 2.80. The Morgan fingerprint density at radius 3 is 2.81 bits per heavy atom. The molecule has 0 amide bonds. The first kappa shape index (κ1) is 13.6. The van der Waals surface area contributed by atoms with E-state index in [4.69, 9.17) is 4.74 Å². The third-order valence-electron chi connectivity index (χ3n) is 3.86. The molecule has 1 aliphatic rings. The molecule has 0 saturated heterocycles. The minimum absolute atomic E-state index is 0.342. The molecule has 0 spiro atoms. The Hall–Kier alpha value is -2.36. The first-order valence-corrected chi connectivity index (χ1v) is 7.12. The summed E-state index contributed by atoms with van der Waals surface area (Å²) < 4.78 is 4.77. The number of nitrogens with zero attached hydrogens (tertiary/aromatic N) is 2. The van der Waals surface area contributed by atoms with Crippen molar-refractivity contribution in [3.8, 4) is 0 Å². The van der Waals surface area contributed by atoms with E-state index in [9.17, 15) is 4.79 Å². The number of para-hydroxylation sites is 1. The van der Waals surface area contributed by atoms with Crippen molar-refractivity contribution < 1.29 is 9.53 Å². The molecular formula is C17H18N2O2. The number of methoxy groups -OCH3 is 1. The summed E-state index contributed by atoms with van der Waals surface area (Å²) in [5.41, 5.74) is 3.77. The number of rotatable bonds is 2. The normalized spacial score (nSPS) is 13.7. The topological polar surface area (TPSA) is 42.4 Å². The standard InChI is InChI=1S/C17H18N2O2/c1-12-14(17(20)21-2)9-10-16(18-12)19-11-5-7-13-6-3-4-8-15(13)19/h3-4,6,8-10H,5,7,11H2,1-2H3. The van der Waals surface area contributed by atoms with Crippen molar-refractivity contribution in [2.75, 3.05) is 18.6 Å². The molecule has 0 atom stereocenters. The van der Waals surface area contributed by atoms with E-state index in [-0.39, 0.29) is 5.97 Å². The van der Waals surface area contributed by atoms with Gasteiger partial charge in [0.25, 0.3) is 0 Å². The Balaban J connectivity index is 1.99. The fourth-order valence-electron chi connectivity index (χ4n) is 2.80. The van der Waals surface area contributed by atoms with Crippen LogP contribution in [0.3, 0.4) is 0 Å². The number of fused-ring (bicyclic) bond motifs is 1. The number of aromatic nitrogens is 1. The van der Waals surface area contributed by atoms with Crippen LogP contribution in [0.5, 0.6) is 0 Å². The molecule has 2 aromatic rings. The van der Waals surface area contributed by atoms with Gasteiger partial charge in [0.15, 0.2) is 0 Å². The van der Waals surface area contributed by atoms with Crippen molar-refractivity contribution in [1.82, 2.24) is 4.98 Å². The summed E-state index contributed by atoms with van der Waals surface area (Å²) >= 11 is 0. The molecule has 4 nitrogen and oxygen atoms in total. The van der Waals surface area contributed by atoms with Gasteiger partial charge in [-0.2, -0.15) is 0 Å². The van der Waals surface area contributed by atoms with Crippen LogP contribution >= 0.6 is 0 Å². The Labute approximate surface area is 124 Å². The second-order valence-electron chi connectivity index (χ2n) is 5.18. The summed E-state index contributed by atoms with van der Waals surface area (Å²) in [6.07, 6.45) is 2.21. The largest absolute Gasteiger partial charge is 0.465 e. The number of esters is 1. The second-order valence-corrected chi connectivity index (χ2v) is 5.18. The monoisotopic (exact) mass is 282 g/mol. The zero-order chi connectivity index (χ0) is 14.8. The lowest BCUT2D eigenvalue weighted by Gasteiger charge is -2.30. The molecule has 2 heterocycles. The highest BCUT2D eigenvalue weighted by Crippen LogP contribution is 2.32. The third kappa shape index (κ3) is 2.49. The molecular weight excluding hydrogens is 264 g/mol. The van der Waals surface area contributed by atoms with Gasteiger partial charge >= 0.3 is 5.97 Å². The first-order chi connectivity index (χ1) is 10.2. The van der Waals surface area contributed by atoms with Crippen LogP contribution in [-0.2, 0) is 11.2 Å². The molecule has 4 heteroatoms. The molecule has 0 fully saturated rings. The summed E-state index contributed by atoms with van der Waals surface area (Å²) in [5, 5.41) is 0. The minimum atomic E-state index is -0.342. The van der Waals surface area contributed by atoms with Gasteiger partial charge in [0.1, 0.15) is 5.82 Å². The van der Waals surface area contributed by atoms with Crippen LogP contribution in [-0.4, -0.2) is 24.6 Å². The van der Waals surface area contributed by atoms with E-state index in [1.807, 2.05) is 19.1 Å². The summed E-state index contributed by atoms with van der Waals surface area (Å²) in [5.74, 6) is 0.540. The molecule has 108 valence electrons. The molecule has 0 bridgehead atoms. The van der Waals surface area contributed by atoms with Crippen LogP contribution in [0.25, 0.3) is 0 Å². The number of ether oxygens (including phenoxy) is 1. The number of aryl methyl sites for hydroxylation is 2. The zero-order valence-electron chi connectivity index (χ0n) is 12.3. The van der Waals surface area contributed by atoms with E-state index in [0.717, 1.165) is 25.2 Å². The quantitative estimate of drug-likeness (QED) is 0.793. The molecule has 0 radical (unpaired) electrons. The lowest BCUT2D eigenvalue weighted by molar-refractivity contribution is 0.0599. The van der Waals surface area contributed by atoms with Crippen molar-refractivity contribution in [2.24, 2.45) is 0 Å². The molecule has 1 aromatic heterocycles. The van der Waals surface area contributed by atoms with Gasteiger partial charge in [-0.1, -0.05) is 18.2 Å². The van der Waals surface area contributed by atoms with Crippen molar-refractivity contribution in [3.05, 3.63) is 53.2 Å². The number of carbonyl (C=O) groups is 1. The molecule has 0 unspecified atom stereocenters.